The predicted molar refractivity (Wildman–Crippen MR) is 83.7 cm³/mol. The van der Waals surface area contributed by atoms with Crippen molar-refractivity contribution in [2.24, 2.45) is 0 Å². The van der Waals surface area contributed by atoms with Crippen LogP contribution in [-0.2, 0) is 6.54 Å². The average Bonchev–Trinajstić information content (AvgIpc) is 2.85. The van der Waals surface area contributed by atoms with Gasteiger partial charge in [-0.1, -0.05) is 37.3 Å². The topological polar surface area (TPSA) is 79.2 Å². The zero-order valence-corrected chi connectivity index (χ0v) is 12.8. The third-order valence-electron chi connectivity index (χ3n) is 3.33. The fourth-order valence-corrected chi connectivity index (χ4v) is 3.02. The van der Waals surface area contributed by atoms with E-state index in [9.17, 15) is 14.9 Å². The molecule has 1 heterocycles. The molecule has 112 valence electrons. The number of benzene rings is 1. The number of aromatic nitrogens is 1. The van der Waals surface area contributed by atoms with Gasteiger partial charge in [0.2, 0.25) is 0 Å². The Morgan fingerprint density at radius 3 is 2.67 bits per heavy atom. The zero-order chi connectivity index (χ0) is 15.4. The van der Waals surface area contributed by atoms with Crippen LogP contribution in [0.5, 0.6) is 0 Å². The molecule has 0 unspecified atom stereocenters. The summed E-state index contributed by atoms with van der Waals surface area (Å²) in [5.41, 5.74) is 1.37. The van der Waals surface area contributed by atoms with Gasteiger partial charge < -0.3 is 4.98 Å². The smallest absolute Gasteiger partial charge is 0.305 e. The summed E-state index contributed by atoms with van der Waals surface area (Å²) in [4.78, 5) is 27.9. The third kappa shape index (κ3) is 3.56. The Kier molecular flexibility index (Phi) is 4.87. The average molecular weight is 307 g/mol. The Labute approximate surface area is 126 Å². The minimum Gasteiger partial charge on any atom is -0.312 e. The van der Waals surface area contributed by atoms with Crippen molar-refractivity contribution in [2.45, 2.75) is 20.4 Å². The van der Waals surface area contributed by atoms with E-state index in [2.05, 4.69) is 23.7 Å². The minimum absolute atomic E-state index is 0.0216. The molecule has 6 nitrogen and oxygen atoms in total. The number of H-pyrrole nitrogens is 1. The van der Waals surface area contributed by atoms with Crippen LogP contribution < -0.4 is 4.87 Å². The lowest BCUT2D eigenvalue weighted by molar-refractivity contribution is -0.384. The van der Waals surface area contributed by atoms with Crippen molar-refractivity contribution >= 4 is 17.0 Å². The van der Waals surface area contributed by atoms with E-state index < -0.39 is 4.92 Å². The van der Waals surface area contributed by atoms with E-state index in [1.807, 2.05) is 0 Å². The highest BCUT2D eigenvalue weighted by molar-refractivity contribution is 7.09. The Morgan fingerprint density at radius 2 is 2.05 bits per heavy atom. The fourth-order valence-electron chi connectivity index (χ4n) is 2.13. The first kappa shape index (κ1) is 15.4. The molecule has 7 heteroatoms. The standard InChI is InChI=1S/C14H17N3O3S/c1-3-16(4-2)9-12-13(15-14(18)21-12)10-6-5-7-11(8-10)17(19)20/h5-8H,3-4,9H2,1-2H3,(H,15,18). The molecule has 0 spiro atoms. The van der Waals surface area contributed by atoms with E-state index in [0.717, 1.165) is 29.3 Å². The minimum atomic E-state index is -0.433. The molecule has 1 aromatic carbocycles. The molecule has 21 heavy (non-hydrogen) atoms. The van der Waals surface area contributed by atoms with Gasteiger partial charge in [0.05, 0.1) is 10.6 Å². The maximum atomic E-state index is 11.7. The van der Waals surface area contributed by atoms with Crippen LogP contribution in [0.15, 0.2) is 29.1 Å². The molecule has 0 aliphatic carbocycles. The van der Waals surface area contributed by atoms with Crippen molar-refractivity contribution in [2.75, 3.05) is 13.1 Å². The molecule has 0 amide bonds. The largest absolute Gasteiger partial charge is 0.312 e. The summed E-state index contributed by atoms with van der Waals surface area (Å²) < 4.78 is 0. The van der Waals surface area contributed by atoms with Crippen LogP contribution in [0.25, 0.3) is 11.3 Å². The summed E-state index contributed by atoms with van der Waals surface area (Å²) in [7, 11) is 0. The van der Waals surface area contributed by atoms with Crippen molar-refractivity contribution in [1.82, 2.24) is 9.88 Å². The lowest BCUT2D eigenvalue weighted by Gasteiger charge is -2.17. The molecular weight excluding hydrogens is 290 g/mol. The number of nitrogens with zero attached hydrogens (tertiary/aromatic N) is 2. The number of aromatic amines is 1. The van der Waals surface area contributed by atoms with Gasteiger partial charge in [0.1, 0.15) is 0 Å². The molecule has 2 aromatic rings. The second-order valence-corrected chi connectivity index (χ2v) is 5.65. The Hall–Kier alpha value is -1.99. The van der Waals surface area contributed by atoms with Gasteiger partial charge in [0.25, 0.3) is 5.69 Å². The van der Waals surface area contributed by atoms with E-state index in [1.54, 1.807) is 12.1 Å². The lowest BCUT2D eigenvalue weighted by Crippen LogP contribution is -2.21. The van der Waals surface area contributed by atoms with Gasteiger partial charge in [-0.3, -0.25) is 19.8 Å². The lowest BCUT2D eigenvalue weighted by atomic mass is 10.1. The van der Waals surface area contributed by atoms with Crippen molar-refractivity contribution in [3.63, 3.8) is 0 Å². The SMILES string of the molecule is CCN(CC)Cc1sc(=O)[nH]c1-c1cccc([N+](=O)[O-])c1. The maximum absolute atomic E-state index is 11.7. The zero-order valence-electron chi connectivity index (χ0n) is 12.0. The van der Waals surface area contributed by atoms with Crippen LogP contribution in [0, 0.1) is 10.1 Å². The maximum Gasteiger partial charge on any atom is 0.305 e. The van der Waals surface area contributed by atoms with Crippen molar-refractivity contribution in [3.05, 3.63) is 48.9 Å². The van der Waals surface area contributed by atoms with Gasteiger partial charge >= 0.3 is 4.87 Å². The van der Waals surface area contributed by atoms with Crippen LogP contribution in [-0.4, -0.2) is 27.9 Å². The van der Waals surface area contributed by atoms with Gasteiger partial charge in [-0.25, -0.2) is 0 Å². The first-order chi connectivity index (χ1) is 10.0. The van der Waals surface area contributed by atoms with Crippen molar-refractivity contribution in [1.29, 1.82) is 0 Å². The third-order valence-corrected chi connectivity index (χ3v) is 4.20. The number of thiazole rings is 1. The van der Waals surface area contributed by atoms with Crippen LogP contribution in [0.3, 0.4) is 0 Å². The molecule has 0 fully saturated rings. The van der Waals surface area contributed by atoms with Crippen molar-refractivity contribution < 1.29 is 4.92 Å². The molecule has 0 radical (unpaired) electrons. The molecule has 2 rings (SSSR count). The summed E-state index contributed by atoms with van der Waals surface area (Å²) in [5.74, 6) is 0. The highest BCUT2D eigenvalue weighted by Crippen LogP contribution is 2.27. The number of rotatable bonds is 6. The summed E-state index contributed by atoms with van der Waals surface area (Å²) in [6.07, 6.45) is 0. The highest BCUT2D eigenvalue weighted by atomic mass is 32.1. The van der Waals surface area contributed by atoms with Crippen LogP contribution in [0.4, 0.5) is 5.69 Å². The number of nitrogens with one attached hydrogen (secondary N) is 1. The number of nitro groups is 1. The van der Waals surface area contributed by atoms with Gasteiger partial charge in [0, 0.05) is 29.1 Å². The molecule has 0 atom stereocenters. The number of hydrogen-bond acceptors (Lipinski definition) is 5. The molecule has 0 saturated carbocycles. The molecular formula is C14H17N3O3S. The fraction of sp³-hybridized carbons (Fsp3) is 0.357. The summed E-state index contributed by atoms with van der Waals surface area (Å²) in [6.45, 7) is 6.56. The quantitative estimate of drug-likeness (QED) is 0.657. The molecule has 0 aliphatic heterocycles. The van der Waals surface area contributed by atoms with E-state index in [0.29, 0.717) is 17.8 Å². The molecule has 0 aliphatic rings. The Morgan fingerprint density at radius 1 is 1.33 bits per heavy atom. The Balaban J connectivity index is 2.42. The predicted octanol–water partition coefficient (Wildman–Crippen LogP) is 2.85. The summed E-state index contributed by atoms with van der Waals surface area (Å²) in [6, 6.07) is 6.34. The van der Waals surface area contributed by atoms with Crippen molar-refractivity contribution in [3.8, 4) is 11.3 Å². The van der Waals surface area contributed by atoms with E-state index >= 15 is 0 Å². The first-order valence-electron chi connectivity index (χ1n) is 6.74. The number of nitro benzene ring substituents is 1. The second-order valence-electron chi connectivity index (χ2n) is 4.58. The monoisotopic (exact) mass is 307 g/mol. The molecule has 1 aromatic heterocycles. The summed E-state index contributed by atoms with van der Waals surface area (Å²) >= 11 is 1.16. The Bertz CT molecular complexity index is 689. The molecule has 0 bridgehead atoms. The van der Waals surface area contributed by atoms with Gasteiger partial charge in [0.15, 0.2) is 0 Å². The summed E-state index contributed by atoms with van der Waals surface area (Å²) in [5, 5.41) is 10.9. The van der Waals surface area contributed by atoms with Crippen LogP contribution in [0.2, 0.25) is 0 Å². The van der Waals surface area contributed by atoms with Gasteiger partial charge in [-0.2, -0.15) is 0 Å². The van der Waals surface area contributed by atoms with Crippen LogP contribution >= 0.6 is 11.3 Å². The highest BCUT2D eigenvalue weighted by Gasteiger charge is 2.15. The van der Waals surface area contributed by atoms with E-state index in [-0.39, 0.29) is 10.6 Å². The normalized spacial score (nSPS) is 11.0. The second kappa shape index (κ2) is 6.64. The van der Waals surface area contributed by atoms with Gasteiger partial charge in [-0.05, 0) is 13.1 Å². The van der Waals surface area contributed by atoms with E-state index in [1.165, 1.54) is 12.1 Å². The van der Waals surface area contributed by atoms with Crippen LogP contribution in [0.1, 0.15) is 18.7 Å². The number of non-ortho nitro benzene ring substituents is 1. The van der Waals surface area contributed by atoms with E-state index in [4.69, 9.17) is 0 Å². The molecule has 0 saturated heterocycles. The first-order valence-corrected chi connectivity index (χ1v) is 7.56. The van der Waals surface area contributed by atoms with Gasteiger partial charge in [-0.15, -0.1) is 0 Å². The molecule has 1 N–H and O–H groups in total. The number of hydrogen-bond donors (Lipinski definition) is 1.